The van der Waals surface area contributed by atoms with E-state index in [4.69, 9.17) is 16.9 Å². The third-order valence-corrected chi connectivity index (χ3v) is 4.22. The number of anilines is 1. The Kier molecular flexibility index (Phi) is 3.23. The zero-order valence-electron chi connectivity index (χ0n) is 11.5. The number of benzene rings is 1. The molecule has 4 nitrogen and oxygen atoms in total. The maximum Gasteiger partial charge on any atom is 0.236 e. The Labute approximate surface area is 127 Å². The molecule has 0 bridgehead atoms. The third-order valence-electron chi connectivity index (χ3n) is 3.99. The van der Waals surface area contributed by atoms with Crippen molar-refractivity contribution in [3.63, 3.8) is 0 Å². The fourth-order valence-electron chi connectivity index (χ4n) is 2.56. The third kappa shape index (κ3) is 2.30. The Morgan fingerprint density at radius 3 is 2.86 bits per heavy atom. The van der Waals surface area contributed by atoms with Gasteiger partial charge in [-0.1, -0.05) is 23.7 Å². The van der Waals surface area contributed by atoms with Gasteiger partial charge >= 0.3 is 0 Å². The maximum absolute atomic E-state index is 12.6. The summed E-state index contributed by atoms with van der Waals surface area (Å²) < 4.78 is 0. The second kappa shape index (κ2) is 4.94. The number of amides is 1. The van der Waals surface area contributed by atoms with Crippen LogP contribution in [0.2, 0.25) is 5.02 Å². The summed E-state index contributed by atoms with van der Waals surface area (Å²) in [6, 6.07) is 9.50. The van der Waals surface area contributed by atoms with Crippen LogP contribution in [0.15, 0.2) is 30.5 Å². The molecule has 106 valence electrons. The molecular formula is C16H14ClN3O. The van der Waals surface area contributed by atoms with Gasteiger partial charge < -0.3 is 10.3 Å². The van der Waals surface area contributed by atoms with Crippen LogP contribution in [0.1, 0.15) is 29.5 Å². The van der Waals surface area contributed by atoms with Crippen LogP contribution in [0, 0.1) is 18.3 Å². The van der Waals surface area contributed by atoms with Gasteiger partial charge in [-0.15, -0.1) is 0 Å². The number of aryl methyl sites for hydroxylation is 1. The van der Waals surface area contributed by atoms with E-state index >= 15 is 0 Å². The first-order chi connectivity index (χ1) is 10.1. The zero-order valence-corrected chi connectivity index (χ0v) is 12.3. The van der Waals surface area contributed by atoms with Gasteiger partial charge in [-0.2, -0.15) is 5.26 Å². The second-order valence-corrected chi connectivity index (χ2v) is 5.82. The molecule has 1 saturated carbocycles. The lowest BCUT2D eigenvalue weighted by Crippen LogP contribution is -2.28. The fraction of sp³-hybridized carbons (Fsp3) is 0.250. The number of nitrogens with one attached hydrogen (secondary N) is 2. The largest absolute Gasteiger partial charge is 0.347 e. The summed E-state index contributed by atoms with van der Waals surface area (Å²) in [6.45, 7) is 1.83. The van der Waals surface area contributed by atoms with Crippen LogP contribution in [-0.2, 0) is 10.2 Å². The number of nitrogens with zero attached hydrogens (tertiary/aromatic N) is 1. The molecule has 0 atom stereocenters. The average Bonchev–Trinajstić information content (AvgIpc) is 3.20. The van der Waals surface area contributed by atoms with Crippen molar-refractivity contribution in [2.45, 2.75) is 25.2 Å². The number of hydrogen-bond donors (Lipinski definition) is 2. The first kappa shape index (κ1) is 13.7. The summed E-state index contributed by atoms with van der Waals surface area (Å²) in [5, 5.41) is 12.6. The lowest BCUT2D eigenvalue weighted by molar-refractivity contribution is -0.118. The molecule has 0 radical (unpaired) electrons. The number of halogens is 1. The van der Waals surface area contributed by atoms with Crippen LogP contribution >= 0.6 is 11.6 Å². The molecular weight excluding hydrogens is 286 g/mol. The van der Waals surface area contributed by atoms with E-state index < -0.39 is 5.41 Å². The van der Waals surface area contributed by atoms with Crippen molar-refractivity contribution in [2.75, 3.05) is 5.32 Å². The van der Waals surface area contributed by atoms with E-state index in [0.29, 0.717) is 16.4 Å². The Morgan fingerprint density at radius 1 is 1.48 bits per heavy atom. The van der Waals surface area contributed by atoms with Crippen LogP contribution in [0.4, 0.5) is 5.82 Å². The topological polar surface area (TPSA) is 68.7 Å². The Morgan fingerprint density at radius 2 is 2.24 bits per heavy atom. The van der Waals surface area contributed by atoms with Gasteiger partial charge in [-0.05, 0) is 43.0 Å². The number of nitriles is 1. The summed E-state index contributed by atoms with van der Waals surface area (Å²) in [6.07, 6.45) is 3.30. The Bertz CT molecular complexity index is 753. The zero-order chi connectivity index (χ0) is 15.0. The van der Waals surface area contributed by atoms with Crippen molar-refractivity contribution in [3.8, 4) is 6.07 Å². The minimum atomic E-state index is -0.517. The number of rotatable bonds is 3. The standard InChI is InChI=1S/C16H14ClN3O/c1-10-9-19-14(13(10)8-18)20-15(21)16(5-6-16)11-3-2-4-12(17)7-11/h2-4,7,9,19H,5-6H2,1H3,(H,20,21). The van der Waals surface area contributed by atoms with Crippen molar-refractivity contribution < 1.29 is 4.79 Å². The average molecular weight is 300 g/mol. The van der Waals surface area contributed by atoms with E-state index in [-0.39, 0.29) is 5.91 Å². The van der Waals surface area contributed by atoms with Gasteiger partial charge in [0.1, 0.15) is 11.9 Å². The summed E-state index contributed by atoms with van der Waals surface area (Å²) in [7, 11) is 0. The van der Waals surface area contributed by atoms with Gasteiger partial charge in [-0.3, -0.25) is 4.79 Å². The summed E-state index contributed by atoms with van der Waals surface area (Å²) >= 11 is 6.01. The van der Waals surface area contributed by atoms with Crippen molar-refractivity contribution in [1.82, 2.24) is 4.98 Å². The lowest BCUT2D eigenvalue weighted by Gasteiger charge is -2.15. The van der Waals surface area contributed by atoms with Crippen LogP contribution in [0.25, 0.3) is 0 Å². The molecule has 0 aliphatic heterocycles. The Hall–Kier alpha value is -2.25. The van der Waals surface area contributed by atoms with Crippen molar-refractivity contribution >= 4 is 23.3 Å². The molecule has 1 aliphatic rings. The summed E-state index contributed by atoms with van der Waals surface area (Å²) in [4.78, 5) is 15.5. The van der Waals surface area contributed by atoms with E-state index in [1.807, 2.05) is 25.1 Å². The molecule has 1 amide bonds. The van der Waals surface area contributed by atoms with Crippen LogP contribution in [-0.4, -0.2) is 10.9 Å². The molecule has 1 aromatic carbocycles. The van der Waals surface area contributed by atoms with Crippen LogP contribution in [0.5, 0.6) is 0 Å². The molecule has 2 aromatic rings. The van der Waals surface area contributed by atoms with Gasteiger partial charge in [-0.25, -0.2) is 0 Å². The predicted octanol–water partition coefficient (Wildman–Crippen LogP) is 3.52. The number of hydrogen-bond acceptors (Lipinski definition) is 2. The van der Waals surface area contributed by atoms with Crippen LogP contribution < -0.4 is 5.32 Å². The molecule has 5 heteroatoms. The van der Waals surface area contributed by atoms with Gasteiger partial charge in [0, 0.05) is 11.2 Å². The van der Waals surface area contributed by atoms with E-state index in [1.165, 1.54) is 0 Å². The van der Waals surface area contributed by atoms with E-state index in [1.54, 1.807) is 12.3 Å². The normalized spacial score (nSPS) is 15.3. The fourth-order valence-corrected chi connectivity index (χ4v) is 2.75. The van der Waals surface area contributed by atoms with Gasteiger partial charge in [0.2, 0.25) is 5.91 Å². The highest BCUT2D eigenvalue weighted by Gasteiger charge is 2.51. The maximum atomic E-state index is 12.6. The molecule has 1 fully saturated rings. The Balaban J connectivity index is 1.87. The predicted molar refractivity (Wildman–Crippen MR) is 81.2 cm³/mol. The number of H-pyrrole nitrogens is 1. The molecule has 0 saturated heterocycles. The van der Waals surface area contributed by atoms with Crippen molar-refractivity contribution in [2.24, 2.45) is 0 Å². The van der Waals surface area contributed by atoms with E-state index in [2.05, 4.69) is 16.4 Å². The lowest BCUT2D eigenvalue weighted by atomic mass is 9.95. The first-order valence-electron chi connectivity index (χ1n) is 6.72. The van der Waals surface area contributed by atoms with Gasteiger partial charge in [0.05, 0.1) is 11.0 Å². The smallest absolute Gasteiger partial charge is 0.236 e. The number of carbonyl (C=O) groups excluding carboxylic acids is 1. The highest BCUT2D eigenvalue weighted by Crippen LogP contribution is 2.49. The molecule has 1 aliphatic carbocycles. The highest BCUT2D eigenvalue weighted by atomic mass is 35.5. The quantitative estimate of drug-likeness (QED) is 0.910. The molecule has 1 heterocycles. The molecule has 3 rings (SSSR count). The molecule has 2 N–H and O–H groups in total. The van der Waals surface area contributed by atoms with Crippen LogP contribution in [0.3, 0.4) is 0 Å². The highest BCUT2D eigenvalue weighted by molar-refractivity contribution is 6.30. The number of aromatic nitrogens is 1. The first-order valence-corrected chi connectivity index (χ1v) is 7.10. The minimum Gasteiger partial charge on any atom is -0.347 e. The summed E-state index contributed by atoms with van der Waals surface area (Å²) in [5.41, 5.74) is 1.70. The molecule has 0 spiro atoms. The second-order valence-electron chi connectivity index (χ2n) is 5.38. The summed E-state index contributed by atoms with van der Waals surface area (Å²) in [5.74, 6) is 0.372. The van der Waals surface area contributed by atoms with E-state index in [9.17, 15) is 4.79 Å². The number of aromatic amines is 1. The van der Waals surface area contributed by atoms with E-state index in [0.717, 1.165) is 24.0 Å². The minimum absolute atomic E-state index is 0.0943. The number of carbonyl (C=O) groups is 1. The van der Waals surface area contributed by atoms with Gasteiger partial charge in [0.25, 0.3) is 0 Å². The van der Waals surface area contributed by atoms with Crippen molar-refractivity contribution in [1.29, 1.82) is 5.26 Å². The SMILES string of the molecule is Cc1c[nH]c(NC(=O)C2(c3cccc(Cl)c3)CC2)c1C#N. The van der Waals surface area contributed by atoms with Gasteiger partial charge in [0.15, 0.2) is 0 Å². The molecule has 1 aromatic heterocycles. The molecule has 0 unspecified atom stereocenters. The molecule has 21 heavy (non-hydrogen) atoms. The van der Waals surface area contributed by atoms with Crippen molar-refractivity contribution in [3.05, 3.63) is 52.2 Å². The monoisotopic (exact) mass is 299 g/mol.